The minimum Gasteiger partial charge on any atom is -0.493 e. The second-order valence-corrected chi connectivity index (χ2v) is 5.32. The summed E-state index contributed by atoms with van der Waals surface area (Å²) in [7, 11) is 5.08. The lowest BCUT2D eigenvalue weighted by molar-refractivity contribution is 0.170. The lowest BCUT2D eigenvalue weighted by Crippen LogP contribution is -2.37. The van der Waals surface area contributed by atoms with Gasteiger partial charge in [0, 0.05) is 19.8 Å². The quantitative estimate of drug-likeness (QED) is 0.720. The molecular formula is C17H29NO3. The molecule has 0 aliphatic rings. The van der Waals surface area contributed by atoms with Gasteiger partial charge in [0.2, 0.25) is 0 Å². The van der Waals surface area contributed by atoms with Gasteiger partial charge in [-0.1, -0.05) is 19.9 Å². The van der Waals surface area contributed by atoms with Crippen molar-refractivity contribution in [2.75, 3.05) is 34.5 Å². The van der Waals surface area contributed by atoms with E-state index in [0.29, 0.717) is 12.0 Å². The molecule has 0 saturated heterocycles. The van der Waals surface area contributed by atoms with Crippen molar-refractivity contribution in [2.24, 2.45) is 5.92 Å². The summed E-state index contributed by atoms with van der Waals surface area (Å²) in [6.45, 7) is 6.18. The van der Waals surface area contributed by atoms with Crippen molar-refractivity contribution in [1.29, 1.82) is 0 Å². The van der Waals surface area contributed by atoms with Gasteiger partial charge in [-0.15, -0.1) is 0 Å². The summed E-state index contributed by atoms with van der Waals surface area (Å²) >= 11 is 0. The number of likely N-dealkylation sites (N-methyl/N-ethyl adjacent to an activating group) is 1. The second kappa shape index (κ2) is 9.64. The molecule has 1 aromatic carbocycles. The first-order valence-corrected chi connectivity index (χ1v) is 7.59. The minimum absolute atomic E-state index is 0.434. The molecule has 0 saturated carbocycles. The van der Waals surface area contributed by atoms with Crippen LogP contribution in [0.4, 0.5) is 0 Å². The van der Waals surface area contributed by atoms with Crippen molar-refractivity contribution < 1.29 is 14.2 Å². The molecule has 0 aliphatic heterocycles. The third-order valence-electron chi connectivity index (χ3n) is 3.83. The number of hydrogen-bond donors (Lipinski definition) is 1. The highest BCUT2D eigenvalue weighted by atomic mass is 16.5. The van der Waals surface area contributed by atoms with E-state index < -0.39 is 0 Å². The first kappa shape index (κ1) is 17.8. The van der Waals surface area contributed by atoms with Crippen LogP contribution in [0.2, 0.25) is 0 Å². The highest BCUT2D eigenvalue weighted by Gasteiger charge is 2.17. The molecule has 1 N–H and O–H groups in total. The van der Waals surface area contributed by atoms with Gasteiger partial charge < -0.3 is 19.5 Å². The molecule has 0 bridgehead atoms. The van der Waals surface area contributed by atoms with Gasteiger partial charge in [-0.05, 0) is 43.0 Å². The summed E-state index contributed by atoms with van der Waals surface area (Å²) in [5.41, 5.74) is 1.25. The number of hydrogen-bond acceptors (Lipinski definition) is 4. The van der Waals surface area contributed by atoms with Gasteiger partial charge in [-0.25, -0.2) is 0 Å². The molecule has 4 nitrogen and oxygen atoms in total. The monoisotopic (exact) mass is 295 g/mol. The lowest BCUT2D eigenvalue weighted by Gasteiger charge is -2.25. The number of methoxy groups -OCH3 is 3. The van der Waals surface area contributed by atoms with E-state index in [0.717, 1.165) is 37.5 Å². The van der Waals surface area contributed by atoms with Gasteiger partial charge in [0.25, 0.3) is 0 Å². The Kier molecular flexibility index (Phi) is 8.16. The van der Waals surface area contributed by atoms with Crippen molar-refractivity contribution in [1.82, 2.24) is 5.32 Å². The summed E-state index contributed by atoms with van der Waals surface area (Å²) in [5, 5.41) is 3.58. The molecule has 120 valence electrons. The van der Waals surface area contributed by atoms with Crippen LogP contribution in [0.25, 0.3) is 0 Å². The number of nitrogens with one attached hydrogen (secondary N) is 1. The average Bonchev–Trinajstić information content (AvgIpc) is 2.51. The fourth-order valence-corrected chi connectivity index (χ4v) is 2.50. The summed E-state index contributed by atoms with van der Waals surface area (Å²) < 4.78 is 15.9. The summed E-state index contributed by atoms with van der Waals surface area (Å²) in [4.78, 5) is 0. The van der Waals surface area contributed by atoms with Crippen LogP contribution >= 0.6 is 0 Å². The van der Waals surface area contributed by atoms with E-state index in [-0.39, 0.29) is 0 Å². The SMILES string of the molecule is CCNC(Cc1ccc(OC)c(OC)c1)C(C)CCOC. The zero-order valence-corrected chi connectivity index (χ0v) is 13.9. The fourth-order valence-electron chi connectivity index (χ4n) is 2.50. The minimum atomic E-state index is 0.434. The van der Waals surface area contributed by atoms with E-state index in [1.165, 1.54) is 5.56 Å². The van der Waals surface area contributed by atoms with Crippen molar-refractivity contribution in [3.8, 4) is 11.5 Å². The van der Waals surface area contributed by atoms with Gasteiger partial charge in [-0.3, -0.25) is 0 Å². The third-order valence-corrected chi connectivity index (χ3v) is 3.83. The second-order valence-electron chi connectivity index (χ2n) is 5.32. The Bertz CT molecular complexity index is 409. The van der Waals surface area contributed by atoms with E-state index in [4.69, 9.17) is 14.2 Å². The first-order chi connectivity index (χ1) is 10.2. The molecule has 0 radical (unpaired) electrons. The maximum absolute atomic E-state index is 5.38. The summed E-state index contributed by atoms with van der Waals surface area (Å²) in [5.74, 6) is 2.11. The van der Waals surface area contributed by atoms with E-state index in [9.17, 15) is 0 Å². The maximum Gasteiger partial charge on any atom is 0.160 e. The standard InChI is InChI=1S/C17H29NO3/c1-6-18-15(13(2)9-10-19-3)11-14-7-8-16(20-4)17(12-14)21-5/h7-8,12-13,15,18H,6,9-11H2,1-5H3. The van der Waals surface area contributed by atoms with Crippen molar-refractivity contribution in [3.05, 3.63) is 23.8 Å². The molecule has 0 aliphatic carbocycles. The van der Waals surface area contributed by atoms with Crippen LogP contribution in [-0.4, -0.2) is 40.5 Å². The Balaban J connectivity index is 2.78. The molecule has 0 fully saturated rings. The molecule has 0 aromatic heterocycles. The molecular weight excluding hydrogens is 266 g/mol. The summed E-state index contributed by atoms with van der Waals surface area (Å²) in [6.07, 6.45) is 2.03. The van der Waals surface area contributed by atoms with Gasteiger partial charge in [0.15, 0.2) is 11.5 Å². The van der Waals surface area contributed by atoms with E-state index in [1.807, 2.05) is 6.07 Å². The highest BCUT2D eigenvalue weighted by molar-refractivity contribution is 5.43. The van der Waals surface area contributed by atoms with E-state index >= 15 is 0 Å². The Morgan fingerprint density at radius 1 is 1.10 bits per heavy atom. The Labute approximate surface area is 128 Å². The average molecular weight is 295 g/mol. The Morgan fingerprint density at radius 3 is 2.38 bits per heavy atom. The topological polar surface area (TPSA) is 39.7 Å². The van der Waals surface area contributed by atoms with Crippen molar-refractivity contribution >= 4 is 0 Å². The molecule has 0 amide bonds. The largest absolute Gasteiger partial charge is 0.493 e. The first-order valence-electron chi connectivity index (χ1n) is 7.59. The molecule has 0 heterocycles. The fraction of sp³-hybridized carbons (Fsp3) is 0.647. The van der Waals surface area contributed by atoms with Gasteiger partial charge in [0.05, 0.1) is 14.2 Å². The van der Waals surface area contributed by atoms with Crippen LogP contribution in [0.1, 0.15) is 25.8 Å². The van der Waals surface area contributed by atoms with E-state index in [2.05, 4.69) is 31.3 Å². The van der Waals surface area contributed by atoms with Crippen molar-refractivity contribution in [2.45, 2.75) is 32.7 Å². The zero-order valence-electron chi connectivity index (χ0n) is 13.9. The van der Waals surface area contributed by atoms with Crippen LogP contribution in [0.15, 0.2) is 18.2 Å². The third kappa shape index (κ3) is 5.56. The zero-order chi connectivity index (χ0) is 15.7. The predicted octanol–water partition coefficient (Wildman–Crippen LogP) is 2.90. The molecule has 1 aromatic rings. The smallest absolute Gasteiger partial charge is 0.160 e. The molecule has 4 heteroatoms. The van der Waals surface area contributed by atoms with Gasteiger partial charge in [-0.2, -0.15) is 0 Å². The Hall–Kier alpha value is -1.26. The van der Waals surface area contributed by atoms with Crippen LogP contribution in [0.3, 0.4) is 0 Å². The molecule has 1 rings (SSSR count). The van der Waals surface area contributed by atoms with Crippen molar-refractivity contribution in [3.63, 3.8) is 0 Å². The molecule has 2 atom stereocenters. The normalized spacial score (nSPS) is 13.8. The van der Waals surface area contributed by atoms with E-state index in [1.54, 1.807) is 21.3 Å². The van der Waals surface area contributed by atoms with Gasteiger partial charge in [0.1, 0.15) is 0 Å². The van der Waals surface area contributed by atoms with Crippen LogP contribution in [0.5, 0.6) is 11.5 Å². The highest BCUT2D eigenvalue weighted by Crippen LogP contribution is 2.28. The summed E-state index contributed by atoms with van der Waals surface area (Å²) in [6, 6.07) is 6.57. The van der Waals surface area contributed by atoms with Crippen LogP contribution < -0.4 is 14.8 Å². The number of rotatable bonds is 10. The molecule has 21 heavy (non-hydrogen) atoms. The predicted molar refractivity (Wildman–Crippen MR) is 86.4 cm³/mol. The molecule has 0 spiro atoms. The number of ether oxygens (including phenoxy) is 3. The van der Waals surface area contributed by atoms with Crippen LogP contribution in [0, 0.1) is 5.92 Å². The van der Waals surface area contributed by atoms with Crippen LogP contribution in [-0.2, 0) is 11.2 Å². The van der Waals surface area contributed by atoms with Gasteiger partial charge >= 0.3 is 0 Å². The number of benzene rings is 1. The Morgan fingerprint density at radius 2 is 1.81 bits per heavy atom. The molecule has 2 unspecified atom stereocenters. The maximum atomic E-state index is 5.38. The lowest BCUT2D eigenvalue weighted by atomic mass is 9.92.